The Kier molecular flexibility index (Phi) is 6.00. The number of rotatable bonds is 6. The molecule has 22 heavy (non-hydrogen) atoms. The number of carbonyl (C=O) groups is 1. The van der Waals surface area contributed by atoms with Crippen molar-refractivity contribution >= 4 is 21.6 Å². The van der Waals surface area contributed by atoms with Crippen LogP contribution < -0.4 is 10.0 Å². The highest BCUT2D eigenvalue weighted by molar-refractivity contribution is 7.92. The van der Waals surface area contributed by atoms with Gasteiger partial charge in [0.05, 0.1) is 11.9 Å². The summed E-state index contributed by atoms with van der Waals surface area (Å²) < 4.78 is 25.0. The predicted octanol–water partition coefficient (Wildman–Crippen LogP) is 2.78. The minimum absolute atomic E-state index is 0.0987. The Morgan fingerprint density at radius 3 is 2.05 bits per heavy atom. The molecule has 0 aliphatic carbocycles. The highest BCUT2D eigenvalue weighted by Crippen LogP contribution is 2.19. The first-order valence-electron chi connectivity index (χ1n) is 7.40. The van der Waals surface area contributed by atoms with E-state index in [0.717, 1.165) is 6.26 Å². The van der Waals surface area contributed by atoms with Crippen molar-refractivity contribution in [2.24, 2.45) is 11.8 Å². The molecule has 6 heteroatoms. The van der Waals surface area contributed by atoms with Crippen LogP contribution in [0.4, 0.5) is 5.69 Å². The molecule has 0 fully saturated rings. The molecule has 1 aromatic carbocycles. The largest absolute Gasteiger partial charge is 0.349 e. The van der Waals surface area contributed by atoms with Gasteiger partial charge in [0.1, 0.15) is 0 Å². The summed E-state index contributed by atoms with van der Waals surface area (Å²) in [6, 6.07) is 5.04. The van der Waals surface area contributed by atoms with Crippen LogP contribution in [0.3, 0.4) is 0 Å². The molecule has 0 radical (unpaired) electrons. The van der Waals surface area contributed by atoms with Gasteiger partial charge in [-0.1, -0.05) is 27.7 Å². The second kappa shape index (κ2) is 7.13. The topological polar surface area (TPSA) is 75.3 Å². The van der Waals surface area contributed by atoms with Crippen LogP contribution in [0.5, 0.6) is 0 Å². The van der Waals surface area contributed by atoms with Crippen molar-refractivity contribution in [3.05, 3.63) is 29.3 Å². The number of sulfonamides is 1. The maximum atomic E-state index is 12.4. The fourth-order valence-corrected chi connectivity index (χ4v) is 3.09. The van der Waals surface area contributed by atoms with Crippen LogP contribution in [0.1, 0.15) is 43.6 Å². The van der Waals surface area contributed by atoms with Crippen LogP contribution >= 0.6 is 0 Å². The lowest BCUT2D eigenvalue weighted by molar-refractivity contribution is 0.0910. The lowest BCUT2D eigenvalue weighted by Gasteiger charge is -2.26. The summed E-state index contributed by atoms with van der Waals surface area (Å²) in [5, 5.41) is 3.05. The summed E-state index contributed by atoms with van der Waals surface area (Å²) in [4.78, 5) is 12.4. The number of hydrogen-bond acceptors (Lipinski definition) is 3. The highest BCUT2D eigenvalue weighted by Gasteiger charge is 2.20. The molecule has 1 amide bonds. The molecule has 0 bridgehead atoms. The number of hydrogen-bond donors (Lipinski definition) is 2. The summed E-state index contributed by atoms with van der Waals surface area (Å²) in [6.45, 7) is 10.1. The van der Waals surface area contributed by atoms with Crippen molar-refractivity contribution in [1.29, 1.82) is 0 Å². The van der Waals surface area contributed by atoms with Gasteiger partial charge >= 0.3 is 0 Å². The zero-order valence-corrected chi connectivity index (χ0v) is 14.9. The number of benzene rings is 1. The van der Waals surface area contributed by atoms with E-state index < -0.39 is 10.0 Å². The van der Waals surface area contributed by atoms with Gasteiger partial charge in [-0.3, -0.25) is 9.52 Å². The maximum Gasteiger partial charge on any atom is 0.251 e. The lowest BCUT2D eigenvalue weighted by Crippen LogP contribution is -2.42. The average molecular weight is 326 g/mol. The second-order valence-electron chi connectivity index (χ2n) is 6.39. The van der Waals surface area contributed by atoms with Crippen molar-refractivity contribution in [1.82, 2.24) is 5.32 Å². The van der Waals surface area contributed by atoms with Crippen molar-refractivity contribution < 1.29 is 13.2 Å². The third-order valence-electron chi connectivity index (χ3n) is 3.52. The third-order valence-corrected chi connectivity index (χ3v) is 4.11. The van der Waals surface area contributed by atoms with E-state index in [1.807, 2.05) is 0 Å². The molecule has 0 heterocycles. The van der Waals surface area contributed by atoms with E-state index >= 15 is 0 Å². The van der Waals surface area contributed by atoms with Gasteiger partial charge in [-0.05, 0) is 42.5 Å². The number of anilines is 1. The van der Waals surface area contributed by atoms with Gasteiger partial charge in [0.2, 0.25) is 10.0 Å². The first-order valence-corrected chi connectivity index (χ1v) is 9.29. The highest BCUT2D eigenvalue weighted by atomic mass is 32.2. The Bertz CT molecular complexity index is 629. The van der Waals surface area contributed by atoms with E-state index in [4.69, 9.17) is 0 Å². The molecule has 5 nitrogen and oxygen atoms in total. The van der Waals surface area contributed by atoms with Gasteiger partial charge in [-0.15, -0.1) is 0 Å². The van der Waals surface area contributed by atoms with Crippen LogP contribution in [0.25, 0.3) is 0 Å². The molecule has 2 N–H and O–H groups in total. The minimum Gasteiger partial charge on any atom is -0.349 e. The molecule has 0 saturated heterocycles. The second-order valence-corrected chi connectivity index (χ2v) is 8.14. The Hall–Kier alpha value is -1.56. The monoisotopic (exact) mass is 326 g/mol. The lowest BCUT2D eigenvalue weighted by atomic mass is 9.93. The van der Waals surface area contributed by atoms with E-state index in [0.29, 0.717) is 28.7 Å². The first kappa shape index (κ1) is 18.5. The van der Waals surface area contributed by atoms with Gasteiger partial charge in [-0.25, -0.2) is 8.42 Å². The first-order chi connectivity index (χ1) is 10.0. The van der Waals surface area contributed by atoms with Crippen LogP contribution in [0.2, 0.25) is 0 Å². The molecule has 0 aliphatic rings. The summed E-state index contributed by atoms with van der Waals surface area (Å²) >= 11 is 0. The Morgan fingerprint density at radius 2 is 1.64 bits per heavy atom. The molecule has 0 aromatic heterocycles. The summed E-state index contributed by atoms with van der Waals surface area (Å²) in [7, 11) is -3.32. The molecule has 1 aromatic rings. The maximum absolute atomic E-state index is 12.4. The van der Waals surface area contributed by atoms with E-state index in [-0.39, 0.29) is 11.9 Å². The number of nitrogens with one attached hydrogen (secondary N) is 2. The quantitative estimate of drug-likeness (QED) is 0.844. The van der Waals surface area contributed by atoms with E-state index in [2.05, 4.69) is 37.7 Å². The van der Waals surface area contributed by atoms with Crippen LogP contribution in [-0.2, 0) is 10.0 Å². The SMILES string of the molecule is Cc1cc(C(=O)NC(C(C)C)C(C)C)ccc1NS(C)(=O)=O. The van der Waals surface area contributed by atoms with E-state index in [9.17, 15) is 13.2 Å². The van der Waals surface area contributed by atoms with Gasteiger partial charge in [0.15, 0.2) is 0 Å². The molecular weight excluding hydrogens is 300 g/mol. The number of carbonyl (C=O) groups excluding carboxylic acids is 1. The summed E-state index contributed by atoms with van der Waals surface area (Å²) in [5.41, 5.74) is 1.73. The molecule has 0 unspecified atom stereocenters. The van der Waals surface area contributed by atoms with Crippen molar-refractivity contribution in [3.63, 3.8) is 0 Å². The van der Waals surface area contributed by atoms with Crippen molar-refractivity contribution in [2.75, 3.05) is 11.0 Å². The van der Waals surface area contributed by atoms with Crippen LogP contribution in [0, 0.1) is 18.8 Å². The van der Waals surface area contributed by atoms with Crippen LogP contribution in [0.15, 0.2) is 18.2 Å². The molecule has 0 spiro atoms. The molecule has 0 atom stereocenters. The predicted molar refractivity (Wildman–Crippen MR) is 90.6 cm³/mol. The van der Waals surface area contributed by atoms with E-state index in [1.165, 1.54) is 0 Å². The zero-order chi connectivity index (χ0) is 17.1. The molecule has 0 aliphatic heterocycles. The minimum atomic E-state index is -3.32. The fraction of sp³-hybridized carbons (Fsp3) is 0.562. The average Bonchev–Trinajstić information content (AvgIpc) is 2.35. The van der Waals surface area contributed by atoms with Crippen molar-refractivity contribution in [2.45, 2.75) is 40.7 Å². The smallest absolute Gasteiger partial charge is 0.251 e. The van der Waals surface area contributed by atoms with Crippen molar-refractivity contribution in [3.8, 4) is 0 Å². The number of aryl methyl sites for hydroxylation is 1. The number of amides is 1. The Labute approximate surface area is 133 Å². The summed E-state index contributed by atoms with van der Waals surface area (Å²) in [5.74, 6) is 0.550. The van der Waals surface area contributed by atoms with Gasteiger partial charge in [0, 0.05) is 11.6 Å². The van der Waals surface area contributed by atoms with E-state index in [1.54, 1.807) is 25.1 Å². The molecular formula is C16H26N2O3S. The summed E-state index contributed by atoms with van der Waals surface area (Å²) in [6.07, 6.45) is 1.10. The third kappa shape index (κ3) is 5.33. The molecule has 124 valence electrons. The van der Waals surface area contributed by atoms with Gasteiger partial charge in [0.25, 0.3) is 5.91 Å². The zero-order valence-electron chi connectivity index (χ0n) is 14.1. The standard InChI is InChI=1S/C16H26N2O3S/c1-10(2)15(11(3)4)17-16(19)13-7-8-14(12(5)9-13)18-22(6,20)21/h7-11,15,18H,1-6H3,(H,17,19). The van der Waals surface area contributed by atoms with Gasteiger partial charge in [-0.2, -0.15) is 0 Å². The Morgan fingerprint density at radius 1 is 1.09 bits per heavy atom. The Balaban J connectivity index is 2.94. The fourth-order valence-electron chi connectivity index (χ4n) is 2.46. The molecule has 1 rings (SSSR count). The van der Waals surface area contributed by atoms with Gasteiger partial charge < -0.3 is 5.32 Å². The normalized spacial score (nSPS) is 12.0. The molecule has 0 saturated carbocycles. The van der Waals surface area contributed by atoms with Crippen LogP contribution in [-0.4, -0.2) is 26.6 Å².